The van der Waals surface area contributed by atoms with Crippen LogP contribution in [0.25, 0.3) is 0 Å². The first-order valence-corrected chi connectivity index (χ1v) is 5.31. The number of benzene rings is 1. The molecule has 0 radical (unpaired) electrons. The number of H-pyrrole nitrogens is 1. The second kappa shape index (κ2) is 4.73. The maximum absolute atomic E-state index is 11.8. The highest BCUT2D eigenvalue weighted by Gasteiger charge is 2.08. The second-order valence-corrected chi connectivity index (χ2v) is 3.97. The number of carbonyl (C=O) groups is 1. The molecular formula is C11H13N5O. The zero-order valence-electron chi connectivity index (χ0n) is 9.64. The summed E-state index contributed by atoms with van der Waals surface area (Å²) in [6.45, 7) is 4.21. The number of nitrogens with zero attached hydrogens (tertiary/aromatic N) is 3. The van der Waals surface area contributed by atoms with Crippen molar-refractivity contribution >= 4 is 11.9 Å². The quantitative estimate of drug-likeness (QED) is 0.839. The fraction of sp³-hybridized carbons (Fsp3) is 0.273. The summed E-state index contributed by atoms with van der Waals surface area (Å²) in [4.78, 5) is 11.8. The highest BCUT2D eigenvalue weighted by molar-refractivity contribution is 6.03. The van der Waals surface area contributed by atoms with Crippen molar-refractivity contribution < 1.29 is 4.79 Å². The van der Waals surface area contributed by atoms with Crippen molar-refractivity contribution in [2.75, 3.05) is 5.32 Å². The highest BCUT2D eigenvalue weighted by Crippen LogP contribution is 2.15. The predicted molar refractivity (Wildman–Crippen MR) is 62.7 cm³/mol. The monoisotopic (exact) mass is 231 g/mol. The van der Waals surface area contributed by atoms with Gasteiger partial charge < -0.3 is 0 Å². The van der Waals surface area contributed by atoms with Crippen LogP contribution in [-0.4, -0.2) is 26.5 Å². The third-order valence-corrected chi connectivity index (χ3v) is 2.41. The predicted octanol–water partition coefficient (Wildman–Crippen LogP) is 1.58. The Morgan fingerprint density at radius 2 is 2.00 bits per heavy atom. The van der Waals surface area contributed by atoms with Gasteiger partial charge in [0.05, 0.1) is 0 Å². The number of tetrazole rings is 1. The Kier molecular flexibility index (Phi) is 3.13. The zero-order chi connectivity index (χ0) is 12.3. The lowest BCUT2D eigenvalue weighted by Gasteiger charge is -2.06. The number of anilines is 1. The Bertz CT molecular complexity index is 489. The van der Waals surface area contributed by atoms with Gasteiger partial charge >= 0.3 is 0 Å². The number of rotatable bonds is 3. The van der Waals surface area contributed by atoms with Gasteiger partial charge in [-0.1, -0.05) is 31.1 Å². The van der Waals surface area contributed by atoms with Crippen LogP contribution >= 0.6 is 0 Å². The summed E-state index contributed by atoms with van der Waals surface area (Å²) >= 11 is 0. The summed E-state index contributed by atoms with van der Waals surface area (Å²) in [6.07, 6.45) is 0. The molecule has 1 amide bonds. The lowest BCUT2D eigenvalue weighted by atomic mass is 10.0. The van der Waals surface area contributed by atoms with Crippen LogP contribution in [0.2, 0.25) is 0 Å². The number of nitrogens with one attached hydrogen (secondary N) is 2. The van der Waals surface area contributed by atoms with Gasteiger partial charge in [0.2, 0.25) is 0 Å². The van der Waals surface area contributed by atoms with Crippen LogP contribution in [0.3, 0.4) is 0 Å². The number of amides is 1. The minimum absolute atomic E-state index is 0.169. The fourth-order valence-corrected chi connectivity index (χ4v) is 1.41. The van der Waals surface area contributed by atoms with Crippen LogP contribution in [0, 0.1) is 0 Å². The van der Waals surface area contributed by atoms with Gasteiger partial charge in [-0.15, -0.1) is 5.10 Å². The molecule has 0 atom stereocenters. The number of aromatic amines is 1. The van der Waals surface area contributed by atoms with Crippen molar-refractivity contribution in [1.82, 2.24) is 20.6 Å². The van der Waals surface area contributed by atoms with E-state index in [-0.39, 0.29) is 11.9 Å². The van der Waals surface area contributed by atoms with Crippen molar-refractivity contribution in [1.29, 1.82) is 0 Å². The van der Waals surface area contributed by atoms with Gasteiger partial charge in [0.15, 0.2) is 0 Å². The van der Waals surface area contributed by atoms with Crippen molar-refractivity contribution in [3.8, 4) is 0 Å². The van der Waals surface area contributed by atoms with Crippen LogP contribution in [0.15, 0.2) is 24.3 Å². The molecule has 2 rings (SSSR count). The SMILES string of the molecule is CC(C)c1ccc(C(=O)Nc2nn[nH]n2)cc1. The molecule has 0 bridgehead atoms. The van der Waals surface area contributed by atoms with E-state index in [4.69, 9.17) is 0 Å². The molecule has 0 aliphatic carbocycles. The van der Waals surface area contributed by atoms with Gasteiger partial charge in [-0.25, -0.2) is 0 Å². The topological polar surface area (TPSA) is 83.6 Å². The van der Waals surface area contributed by atoms with E-state index in [1.165, 1.54) is 5.56 Å². The van der Waals surface area contributed by atoms with Crippen molar-refractivity contribution in [2.24, 2.45) is 0 Å². The standard InChI is InChI=1S/C11H13N5O/c1-7(2)8-3-5-9(6-4-8)10(17)12-11-13-15-16-14-11/h3-7H,1-2H3,(H2,12,13,14,15,16,17). The van der Waals surface area contributed by atoms with E-state index in [2.05, 4.69) is 39.8 Å². The van der Waals surface area contributed by atoms with Crippen molar-refractivity contribution in [3.05, 3.63) is 35.4 Å². The first kappa shape index (κ1) is 11.3. The largest absolute Gasteiger partial charge is 0.288 e. The summed E-state index contributed by atoms with van der Waals surface area (Å²) < 4.78 is 0. The Labute approximate surface area is 98.4 Å². The van der Waals surface area contributed by atoms with E-state index in [9.17, 15) is 4.79 Å². The van der Waals surface area contributed by atoms with Crippen LogP contribution in [0.4, 0.5) is 5.95 Å². The lowest BCUT2D eigenvalue weighted by molar-refractivity contribution is 0.102. The Hall–Kier alpha value is -2.24. The highest BCUT2D eigenvalue weighted by atomic mass is 16.1. The molecule has 0 spiro atoms. The van der Waals surface area contributed by atoms with Gasteiger partial charge in [0.25, 0.3) is 11.9 Å². The lowest BCUT2D eigenvalue weighted by Crippen LogP contribution is -2.13. The molecule has 0 saturated carbocycles. The van der Waals surface area contributed by atoms with Gasteiger partial charge in [-0.2, -0.15) is 5.21 Å². The smallest absolute Gasteiger partial charge is 0.270 e. The Balaban J connectivity index is 2.09. The average Bonchev–Trinajstić information content (AvgIpc) is 2.82. The zero-order valence-corrected chi connectivity index (χ0v) is 9.64. The molecular weight excluding hydrogens is 218 g/mol. The maximum atomic E-state index is 11.8. The minimum Gasteiger partial charge on any atom is -0.288 e. The molecule has 2 N–H and O–H groups in total. The third kappa shape index (κ3) is 2.66. The van der Waals surface area contributed by atoms with Gasteiger partial charge in [0.1, 0.15) is 0 Å². The van der Waals surface area contributed by atoms with Crippen LogP contribution < -0.4 is 5.32 Å². The third-order valence-electron chi connectivity index (χ3n) is 2.41. The van der Waals surface area contributed by atoms with Crippen molar-refractivity contribution in [2.45, 2.75) is 19.8 Å². The molecule has 1 aromatic heterocycles. The van der Waals surface area contributed by atoms with E-state index < -0.39 is 0 Å². The molecule has 17 heavy (non-hydrogen) atoms. The van der Waals surface area contributed by atoms with Crippen LogP contribution in [0.1, 0.15) is 35.7 Å². The number of carbonyl (C=O) groups excluding carboxylic acids is 1. The average molecular weight is 231 g/mol. The summed E-state index contributed by atoms with van der Waals surface area (Å²) in [5, 5.41) is 15.4. The van der Waals surface area contributed by atoms with Gasteiger partial charge in [-0.05, 0) is 28.8 Å². The number of hydrogen-bond acceptors (Lipinski definition) is 4. The Morgan fingerprint density at radius 1 is 1.29 bits per heavy atom. The summed E-state index contributed by atoms with van der Waals surface area (Å²) in [7, 11) is 0. The molecule has 1 heterocycles. The molecule has 0 saturated heterocycles. The Morgan fingerprint density at radius 3 is 2.53 bits per heavy atom. The first-order valence-electron chi connectivity index (χ1n) is 5.31. The van der Waals surface area contributed by atoms with Crippen molar-refractivity contribution in [3.63, 3.8) is 0 Å². The molecule has 6 heteroatoms. The normalized spacial score (nSPS) is 10.5. The fourth-order valence-electron chi connectivity index (χ4n) is 1.41. The molecule has 0 fully saturated rings. The second-order valence-electron chi connectivity index (χ2n) is 3.97. The number of aromatic nitrogens is 4. The summed E-state index contributed by atoms with van der Waals surface area (Å²) in [5.41, 5.74) is 1.76. The molecule has 6 nitrogen and oxygen atoms in total. The van der Waals surface area contributed by atoms with E-state index in [1.54, 1.807) is 12.1 Å². The summed E-state index contributed by atoms with van der Waals surface area (Å²) in [5.74, 6) is 0.369. The first-order chi connectivity index (χ1) is 8.16. The van der Waals surface area contributed by atoms with Gasteiger partial charge in [-0.3, -0.25) is 10.1 Å². The van der Waals surface area contributed by atoms with Crippen LogP contribution in [0.5, 0.6) is 0 Å². The molecule has 0 aliphatic heterocycles. The molecule has 2 aromatic rings. The minimum atomic E-state index is -0.248. The molecule has 0 unspecified atom stereocenters. The maximum Gasteiger partial charge on any atom is 0.270 e. The van der Waals surface area contributed by atoms with Gasteiger partial charge in [0, 0.05) is 5.56 Å². The summed E-state index contributed by atoms with van der Waals surface area (Å²) in [6, 6.07) is 7.45. The van der Waals surface area contributed by atoms with E-state index in [1.807, 2.05) is 12.1 Å². The van der Waals surface area contributed by atoms with E-state index in [0.717, 1.165) is 0 Å². The van der Waals surface area contributed by atoms with E-state index >= 15 is 0 Å². The van der Waals surface area contributed by atoms with Crippen LogP contribution in [-0.2, 0) is 0 Å². The molecule has 1 aromatic carbocycles. The molecule has 0 aliphatic rings. The van der Waals surface area contributed by atoms with E-state index in [0.29, 0.717) is 11.5 Å². The molecule has 88 valence electrons. The number of hydrogen-bond donors (Lipinski definition) is 2.